The van der Waals surface area contributed by atoms with Crippen LogP contribution in [0.15, 0.2) is 18.2 Å². The minimum Gasteiger partial charge on any atom is -0.454 e. The first kappa shape index (κ1) is 9.30. The SMILES string of the molecule is CC(Cc1ccc2c(c1)OCO2)NO. The highest BCUT2D eigenvalue weighted by molar-refractivity contribution is 5.44. The van der Waals surface area contributed by atoms with Crippen molar-refractivity contribution >= 4 is 0 Å². The van der Waals surface area contributed by atoms with E-state index in [0.717, 1.165) is 23.5 Å². The molecule has 14 heavy (non-hydrogen) atoms. The molecule has 0 fully saturated rings. The molecule has 4 heteroatoms. The Morgan fingerprint density at radius 1 is 1.43 bits per heavy atom. The lowest BCUT2D eigenvalue weighted by Gasteiger charge is -2.08. The fourth-order valence-electron chi connectivity index (χ4n) is 1.47. The Morgan fingerprint density at radius 2 is 2.21 bits per heavy atom. The lowest BCUT2D eigenvalue weighted by molar-refractivity contribution is 0.133. The molecule has 4 nitrogen and oxygen atoms in total. The van der Waals surface area contributed by atoms with Crippen LogP contribution >= 0.6 is 0 Å². The standard InChI is InChI=1S/C10H13NO3/c1-7(11-12)4-8-2-3-9-10(5-8)14-6-13-9/h2-3,5,7,11-12H,4,6H2,1H3. The van der Waals surface area contributed by atoms with Gasteiger partial charge in [0.25, 0.3) is 0 Å². The molecule has 2 rings (SSSR count). The number of rotatable bonds is 3. The van der Waals surface area contributed by atoms with E-state index in [1.165, 1.54) is 0 Å². The highest BCUT2D eigenvalue weighted by Gasteiger charge is 2.13. The van der Waals surface area contributed by atoms with Gasteiger partial charge in [0.15, 0.2) is 11.5 Å². The van der Waals surface area contributed by atoms with Crippen molar-refractivity contribution in [3.8, 4) is 11.5 Å². The Hall–Kier alpha value is -1.26. The van der Waals surface area contributed by atoms with E-state index in [4.69, 9.17) is 14.7 Å². The summed E-state index contributed by atoms with van der Waals surface area (Å²) in [5.41, 5.74) is 3.32. The van der Waals surface area contributed by atoms with Gasteiger partial charge >= 0.3 is 0 Å². The van der Waals surface area contributed by atoms with Crippen LogP contribution in [0.5, 0.6) is 11.5 Å². The van der Waals surface area contributed by atoms with Crippen molar-refractivity contribution in [2.24, 2.45) is 0 Å². The summed E-state index contributed by atoms with van der Waals surface area (Å²) in [6.07, 6.45) is 0.757. The molecule has 1 aromatic rings. The zero-order chi connectivity index (χ0) is 9.97. The first-order valence-corrected chi connectivity index (χ1v) is 4.58. The number of nitrogens with one attached hydrogen (secondary N) is 1. The minimum absolute atomic E-state index is 0.0374. The number of hydrogen-bond acceptors (Lipinski definition) is 4. The van der Waals surface area contributed by atoms with Crippen LogP contribution in [0.25, 0.3) is 0 Å². The summed E-state index contributed by atoms with van der Waals surface area (Å²) in [7, 11) is 0. The molecular weight excluding hydrogens is 182 g/mol. The van der Waals surface area contributed by atoms with Crippen LogP contribution < -0.4 is 15.0 Å². The fourth-order valence-corrected chi connectivity index (χ4v) is 1.47. The molecule has 1 aliphatic heterocycles. The molecule has 0 aromatic heterocycles. The molecule has 1 unspecified atom stereocenters. The second-order valence-corrected chi connectivity index (χ2v) is 3.42. The van der Waals surface area contributed by atoms with Gasteiger partial charge in [-0.2, -0.15) is 0 Å². The molecule has 0 bridgehead atoms. The Labute approximate surface area is 82.4 Å². The van der Waals surface area contributed by atoms with Crippen molar-refractivity contribution in [1.82, 2.24) is 5.48 Å². The van der Waals surface area contributed by atoms with Gasteiger partial charge in [0, 0.05) is 6.04 Å². The summed E-state index contributed by atoms with van der Waals surface area (Å²) in [5.74, 6) is 1.58. The topological polar surface area (TPSA) is 50.7 Å². The van der Waals surface area contributed by atoms with Crippen LogP contribution in [0.4, 0.5) is 0 Å². The summed E-state index contributed by atoms with van der Waals surface area (Å²) in [4.78, 5) is 0. The quantitative estimate of drug-likeness (QED) is 0.714. The van der Waals surface area contributed by atoms with Crippen molar-refractivity contribution in [1.29, 1.82) is 0 Å². The van der Waals surface area contributed by atoms with Crippen molar-refractivity contribution in [2.75, 3.05) is 6.79 Å². The Morgan fingerprint density at radius 3 is 3.00 bits per heavy atom. The van der Waals surface area contributed by atoms with Crippen LogP contribution in [0.1, 0.15) is 12.5 Å². The number of benzene rings is 1. The highest BCUT2D eigenvalue weighted by atomic mass is 16.7. The molecule has 0 radical (unpaired) electrons. The summed E-state index contributed by atoms with van der Waals surface area (Å²) >= 11 is 0. The van der Waals surface area contributed by atoms with Gasteiger partial charge in [0.2, 0.25) is 6.79 Å². The second-order valence-electron chi connectivity index (χ2n) is 3.42. The van der Waals surface area contributed by atoms with Crippen LogP contribution in [0, 0.1) is 0 Å². The smallest absolute Gasteiger partial charge is 0.231 e. The third-order valence-electron chi connectivity index (χ3n) is 2.20. The van der Waals surface area contributed by atoms with E-state index < -0.39 is 0 Å². The molecule has 0 spiro atoms. The van der Waals surface area contributed by atoms with Gasteiger partial charge in [-0.05, 0) is 31.0 Å². The molecule has 0 amide bonds. The Kier molecular flexibility index (Phi) is 2.56. The van der Waals surface area contributed by atoms with Crippen LogP contribution in [-0.4, -0.2) is 18.0 Å². The molecule has 1 aromatic carbocycles. The molecule has 1 heterocycles. The van der Waals surface area contributed by atoms with Gasteiger partial charge in [-0.15, -0.1) is 0 Å². The largest absolute Gasteiger partial charge is 0.454 e. The average Bonchev–Trinajstić information content (AvgIpc) is 2.64. The summed E-state index contributed by atoms with van der Waals surface area (Å²) in [6.45, 7) is 2.21. The van der Waals surface area contributed by atoms with E-state index in [1.54, 1.807) is 0 Å². The maximum Gasteiger partial charge on any atom is 0.231 e. The van der Waals surface area contributed by atoms with Crippen LogP contribution in [0.2, 0.25) is 0 Å². The minimum atomic E-state index is 0.0374. The number of hydroxylamine groups is 1. The van der Waals surface area contributed by atoms with E-state index in [2.05, 4.69) is 5.48 Å². The van der Waals surface area contributed by atoms with Gasteiger partial charge in [-0.25, -0.2) is 5.48 Å². The predicted molar refractivity (Wildman–Crippen MR) is 50.7 cm³/mol. The normalized spacial score (nSPS) is 15.6. The van der Waals surface area contributed by atoms with E-state index in [0.29, 0.717) is 6.79 Å². The van der Waals surface area contributed by atoms with Crippen molar-refractivity contribution < 1.29 is 14.7 Å². The Bertz CT molecular complexity index is 327. The van der Waals surface area contributed by atoms with Gasteiger partial charge < -0.3 is 14.7 Å². The van der Waals surface area contributed by atoms with Gasteiger partial charge in [-0.3, -0.25) is 0 Å². The molecule has 0 saturated carbocycles. The van der Waals surface area contributed by atoms with Crippen molar-refractivity contribution in [3.63, 3.8) is 0 Å². The molecule has 1 atom stereocenters. The molecule has 1 aliphatic rings. The van der Waals surface area contributed by atoms with E-state index >= 15 is 0 Å². The van der Waals surface area contributed by atoms with E-state index in [9.17, 15) is 0 Å². The monoisotopic (exact) mass is 195 g/mol. The zero-order valence-electron chi connectivity index (χ0n) is 7.99. The molecule has 0 aliphatic carbocycles. The molecular formula is C10H13NO3. The molecule has 0 saturated heterocycles. The lowest BCUT2D eigenvalue weighted by atomic mass is 10.1. The first-order chi connectivity index (χ1) is 6.79. The fraction of sp³-hybridized carbons (Fsp3) is 0.400. The van der Waals surface area contributed by atoms with Crippen molar-refractivity contribution in [2.45, 2.75) is 19.4 Å². The lowest BCUT2D eigenvalue weighted by Crippen LogP contribution is -2.24. The zero-order valence-corrected chi connectivity index (χ0v) is 7.99. The third kappa shape index (κ3) is 1.81. The summed E-state index contributed by atoms with van der Waals surface area (Å²) < 4.78 is 10.4. The number of fused-ring (bicyclic) bond motifs is 1. The van der Waals surface area contributed by atoms with E-state index in [1.807, 2.05) is 25.1 Å². The van der Waals surface area contributed by atoms with E-state index in [-0.39, 0.29) is 6.04 Å². The van der Waals surface area contributed by atoms with Crippen LogP contribution in [-0.2, 0) is 6.42 Å². The second kappa shape index (κ2) is 3.86. The first-order valence-electron chi connectivity index (χ1n) is 4.58. The van der Waals surface area contributed by atoms with Gasteiger partial charge in [0.05, 0.1) is 0 Å². The molecule has 2 N–H and O–H groups in total. The summed E-state index contributed by atoms with van der Waals surface area (Å²) in [5, 5.41) is 8.68. The maximum absolute atomic E-state index is 8.68. The average molecular weight is 195 g/mol. The summed E-state index contributed by atoms with van der Waals surface area (Å²) in [6, 6.07) is 5.84. The van der Waals surface area contributed by atoms with Gasteiger partial charge in [-0.1, -0.05) is 6.07 Å². The number of ether oxygens (including phenoxy) is 2. The molecule has 76 valence electrons. The number of hydrogen-bond donors (Lipinski definition) is 2. The van der Waals surface area contributed by atoms with Crippen LogP contribution in [0.3, 0.4) is 0 Å². The maximum atomic E-state index is 8.68. The van der Waals surface area contributed by atoms with Gasteiger partial charge in [0.1, 0.15) is 0 Å². The highest BCUT2D eigenvalue weighted by Crippen LogP contribution is 2.32. The third-order valence-corrected chi connectivity index (χ3v) is 2.20. The Balaban J connectivity index is 2.12. The van der Waals surface area contributed by atoms with Crippen molar-refractivity contribution in [3.05, 3.63) is 23.8 Å². The predicted octanol–water partition coefficient (Wildman–Crippen LogP) is 1.33.